The summed E-state index contributed by atoms with van der Waals surface area (Å²) in [4.78, 5) is 0.193. The maximum absolute atomic E-state index is 12.3. The van der Waals surface area contributed by atoms with E-state index in [9.17, 15) is 8.42 Å². The van der Waals surface area contributed by atoms with E-state index in [1.807, 2.05) is 6.92 Å². The lowest BCUT2D eigenvalue weighted by Crippen LogP contribution is -2.37. The number of aryl methyl sites for hydroxylation is 1. The Kier molecular flexibility index (Phi) is 5.79. The minimum absolute atomic E-state index is 0.0465. The van der Waals surface area contributed by atoms with Crippen LogP contribution in [0.15, 0.2) is 17.0 Å². The summed E-state index contributed by atoms with van der Waals surface area (Å²) in [6.45, 7) is 3.93. The molecule has 0 radical (unpaired) electrons. The van der Waals surface area contributed by atoms with E-state index in [0.29, 0.717) is 23.6 Å². The van der Waals surface area contributed by atoms with Crippen LogP contribution in [0.3, 0.4) is 0 Å². The maximum Gasteiger partial charge on any atom is 0.241 e. The van der Waals surface area contributed by atoms with Crippen LogP contribution in [0.25, 0.3) is 0 Å². The highest BCUT2D eigenvalue weighted by Gasteiger charge is 2.20. The Bertz CT molecular complexity index is 558. The Morgan fingerprint density at radius 3 is 2.25 bits per heavy atom. The number of hydrogen-bond acceptors (Lipinski definition) is 5. The summed E-state index contributed by atoms with van der Waals surface area (Å²) in [6.07, 6.45) is 0. The van der Waals surface area contributed by atoms with Gasteiger partial charge in [-0.15, -0.1) is 0 Å². The first-order chi connectivity index (χ1) is 9.35. The number of methoxy groups -OCH3 is 2. The van der Waals surface area contributed by atoms with Crippen LogP contribution in [0, 0.1) is 6.92 Å². The minimum atomic E-state index is -3.58. The van der Waals surface area contributed by atoms with Crippen LogP contribution in [-0.2, 0) is 10.0 Å². The molecular formula is C13H22N2O4S. The minimum Gasteiger partial charge on any atom is -0.493 e. The number of rotatable bonds is 7. The lowest BCUT2D eigenvalue weighted by molar-refractivity contribution is 0.353. The average molecular weight is 302 g/mol. The number of likely N-dealkylation sites (N-methyl/N-ethyl adjacent to an activating group) is 1. The van der Waals surface area contributed by atoms with E-state index in [1.165, 1.54) is 20.3 Å². The van der Waals surface area contributed by atoms with Crippen molar-refractivity contribution >= 4 is 10.0 Å². The zero-order chi connectivity index (χ0) is 15.3. The molecule has 1 aromatic carbocycles. The van der Waals surface area contributed by atoms with E-state index in [-0.39, 0.29) is 10.9 Å². The molecule has 0 saturated carbocycles. The summed E-state index contributed by atoms with van der Waals surface area (Å²) in [5.41, 5.74) is 0.604. The fraction of sp³-hybridized carbons (Fsp3) is 0.538. The standard InChI is InChI=1S/C13H22N2O4S/c1-9-6-11(18-4)12(19-5)7-13(9)20(16,17)15-8-10(2)14-3/h6-7,10,14-15H,8H2,1-5H3. The van der Waals surface area contributed by atoms with Crippen LogP contribution in [0.2, 0.25) is 0 Å². The first-order valence-electron chi connectivity index (χ1n) is 6.25. The zero-order valence-corrected chi connectivity index (χ0v) is 13.3. The van der Waals surface area contributed by atoms with Crippen LogP contribution in [0.1, 0.15) is 12.5 Å². The molecule has 0 heterocycles. The third kappa shape index (κ3) is 3.84. The lowest BCUT2D eigenvalue weighted by atomic mass is 10.2. The number of nitrogens with one attached hydrogen (secondary N) is 2. The van der Waals surface area contributed by atoms with Gasteiger partial charge in [0.2, 0.25) is 10.0 Å². The molecule has 1 aromatic rings. The van der Waals surface area contributed by atoms with Gasteiger partial charge >= 0.3 is 0 Å². The molecule has 0 spiro atoms. The Morgan fingerprint density at radius 1 is 1.20 bits per heavy atom. The highest BCUT2D eigenvalue weighted by atomic mass is 32.2. The smallest absolute Gasteiger partial charge is 0.241 e. The number of benzene rings is 1. The molecule has 0 saturated heterocycles. The number of hydrogen-bond donors (Lipinski definition) is 2. The monoisotopic (exact) mass is 302 g/mol. The molecule has 0 amide bonds. The molecule has 0 fully saturated rings. The Balaban J connectivity index is 3.12. The highest BCUT2D eigenvalue weighted by molar-refractivity contribution is 7.89. The van der Waals surface area contributed by atoms with Crippen molar-refractivity contribution in [3.63, 3.8) is 0 Å². The summed E-state index contributed by atoms with van der Waals surface area (Å²) < 4.78 is 37.5. The second-order valence-electron chi connectivity index (χ2n) is 4.51. The van der Waals surface area contributed by atoms with Gasteiger partial charge in [0.05, 0.1) is 19.1 Å². The van der Waals surface area contributed by atoms with Crippen LogP contribution in [0.5, 0.6) is 11.5 Å². The van der Waals surface area contributed by atoms with E-state index in [1.54, 1.807) is 20.0 Å². The first-order valence-corrected chi connectivity index (χ1v) is 7.73. The predicted octanol–water partition coefficient (Wildman–Crippen LogP) is 0.898. The highest BCUT2D eigenvalue weighted by Crippen LogP contribution is 2.32. The van der Waals surface area contributed by atoms with Gasteiger partial charge in [-0.1, -0.05) is 0 Å². The number of ether oxygens (including phenoxy) is 2. The van der Waals surface area contributed by atoms with Crippen LogP contribution < -0.4 is 19.5 Å². The van der Waals surface area contributed by atoms with Crippen molar-refractivity contribution in [2.75, 3.05) is 27.8 Å². The van der Waals surface area contributed by atoms with Crippen molar-refractivity contribution in [3.8, 4) is 11.5 Å². The van der Waals surface area contributed by atoms with Gasteiger partial charge < -0.3 is 14.8 Å². The van der Waals surface area contributed by atoms with Crippen molar-refractivity contribution in [2.45, 2.75) is 24.8 Å². The molecular weight excluding hydrogens is 280 g/mol. The molecule has 0 aromatic heterocycles. The maximum atomic E-state index is 12.3. The Hall–Kier alpha value is -1.31. The van der Waals surface area contributed by atoms with Gasteiger partial charge in [-0.3, -0.25) is 0 Å². The van der Waals surface area contributed by atoms with E-state index in [0.717, 1.165) is 0 Å². The topological polar surface area (TPSA) is 76.7 Å². The molecule has 0 aliphatic heterocycles. The van der Waals surface area contributed by atoms with E-state index >= 15 is 0 Å². The van der Waals surface area contributed by atoms with E-state index in [2.05, 4.69) is 10.0 Å². The van der Waals surface area contributed by atoms with Gasteiger partial charge in [-0.25, -0.2) is 13.1 Å². The molecule has 1 unspecified atom stereocenters. The molecule has 0 aliphatic rings. The van der Waals surface area contributed by atoms with Crippen molar-refractivity contribution in [1.82, 2.24) is 10.0 Å². The van der Waals surface area contributed by atoms with Crippen LogP contribution in [-0.4, -0.2) is 42.3 Å². The summed E-state index contributed by atoms with van der Waals surface area (Å²) in [7, 11) is 1.18. The van der Waals surface area contributed by atoms with Gasteiger partial charge in [-0.2, -0.15) is 0 Å². The summed E-state index contributed by atoms with van der Waals surface area (Å²) in [6, 6.07) is 3.17. The first kappa shape index (κ1) is 16.7. The Morgan fingerprint density at radius 2 is 1.75 bits per heavy atom. The summed E-state index contributed by atoms with van der Waals surface area (Å²) >= 11 is 0. The molecule has 114 valence electrons. The van der Waals surface area contributed by atoms with Gasteiger partial charge in [-0.05, 0) is 32.5 Å². The van der Waals surface area contributed by atoms with Crippen molar-refractivity contribution in [1.29, 1.82) is 0 Å². The fourth-order valence-electron chi connectivity index (χ4n) is 1.67. The fourth-order valence-corrected chi connectivity index (χ4v) is 3.04. The second-order valence-corrected chi connectivity index (χ2v) is 6.25. The van der Waals surface area contributed by atoms with E-state index < -0.39 is 10.0 Å². The van der Waals surface area contributed by atoms with Crippen molar-refractivity contribution in [2.24, 2.45) is 0 Å². The normalized spacial score (nSPS) is 13.1. The van der Waals surface area contributed by atoms with E-state index in [4.69, 9.17) is 9.47 Å². The van der Waals surface area contributed by atoms with Crippen molar-refractivity contribution in [3.05, 3.63) is 17.7 Å². The van der Waals surface area contributed by atoms with Gasteiger partial charge in [0, 0.05) is 18.7 Å². The second kappa shape index (κ2) is 6.92. The Labute approximate surface area is 120 Å². The number of sulfonamides is 1. The third-order valence-corrected chi connectivity index (χ3v) is 4.61. The van der Waals surface area contributed by atoms with Gasteiger partial charge in [0.25, 0.3) is 0 Å². The molecule has 1 atom stereocenters. The quantitative estimate of drug-likeness (QED) is 0.782. The largest absolute Gasteiger partial charge is 0.493 e. The van der Waals surface area contributed by atoms with Gasteiger partial charge in [0.15, 0.2) is 11.5 Å². The SMILES string of the molecule is CNC(C)CNS(=O)(=O)c1cc(OC)c(OC)cc1C. The average Bonchev–Trinajstić information content (AvgIpc) is 2.44. The van der Waals surface area contributed by atoms with Gasteiger partial charge in [0.1, 0.15) is 0 Å². The molecule has 0 bridgehead atoms. The lowest BCUT2D eigenvalue weighted by Gasteiger charge is -2.15. The molecule has 7 heteroatoms. The molecule has 0 aliphatic carbocycles. The summed E-state index contributed by atoms with van der Waals surface area (Å²) in [5.74, 6) is 0.896. The zero-order valence-electron chi connectivity index (χ0n) is 12.5. The molecule has 6 nitrogen and oxygen atoms in total. The summed E-state index contributed by atoms with van der Waals surface area (Å²) in [5, 5.41) is 2.97. The molecule has 1 rings (SSSR count). The van der Waals surface area contributed by atoms with Crippen LogP contribution in [0.4, 0.5) is 0 Å². The third-order valence-electron chi connectivity index (χ3n) is 3.04. The van der Waals surface area contributed by atoms with Crippen LogP contribution >= 0.6 is 0 Å². The van der Waals surface area contributed by atoms with Crippen molar-refractivity contribution < 1.29 is 17.9 Å². The predicted molar refractivity (Wildman–Crippen MR) is 78.0 cm³/mol. The molecule has 2 N–H and O–H groups in total. The molecule has 20 heavy (non-hydrogen) atoms.